The molecule has 5 aromatic rings. The minimum Gasteiger partial charge on any atom is -0.409 e. The Morgan fingerprint density at radius 2 is 1.81 bits per heavy atom. The van der Waals surface area contributed by atoms with Crippen LogP contribution < -0.4 is 15.8 Å². The zero-order chi connectivity index (χ0) is 22.1. The molecule has 0 saturated heterocycles. The predicted molar refractivity (Wildman–Crippen MR) is 119 cm³/mol. The summed E-state index contributed by atoms with van der Waals surface area (Å²) in [6.07, 6.45) is 2.76. The number of hydrogen-bond acceptors (Lipinski definition) is 8. The SMILES string of the molecule is Cc1nc(N)cc(-c2c(Nc3ccn(C(=O)Oc4ccccc4)n3)nc3ccccn23)n1. The van der Waals surface area contributed by atoms with Crippen LogP contribution in [0, 0.1) is 6.92 Å². The summed E-state index contributed by atoms with van der Waals surface area (Å²) in [6.45, 7) is 1.77. The van der Waals surface area contributed by atoms with E-state index < -0.39 is 6.09 Å². The van der Waals surface area contributed by atoms with E-state index in [-0.39, 0.29) is 0 Å². The topological polar surface area (TPSA) is 125 Å². The Balaban J connectivity index is 1.48. The molecule has 32 heavy (non-hydrogen) atoms. The minimum atomic E-state index is -0.626. The fourth-order valence-corrected chi connectivity index (χ4v) is 3.29. The number of ether oxygens (including phenoxy) is 1. The molecule has 4 aromatic heterocycles. The van der Waals surface area contributed by atoms with Crippen molar-refractivity contribution in [3.8, 4) is 17.1 Å². The molecule has 0 spiro atoms. The molecule has 5 rings (SSSR count). The zero-order valence-electron chi connectivity index (χ0n) is 17.0. The van der Waals surface area contributed by atoms with E-state index in [1.807, 2.05) is 34.9 Å². The van der Waals surface area contributed by atoms with Crippen molar-refractivity contribution in [3.63, 3.8) is 0 Å². The van der Waals surface area contributed by atoms with Crippen LogP contribution >= 0.6 is 0 Å². The summed E-state index contributed by atoms with van der Waals surface area (Å²) < 4.78 is 8.32. The number of nitrogens with zero attached hydrogens (tertiary/aromatic N) is 6. The average molecular weight is 426 g/mol. The summed E-state index contributed by atoms with van der Waals surface area (Å²) >= 11 is 0. The summed E-state index contributed by atoms with van der Waals surface area (Å²) in [4.78, 5) is 25.7. The van der Waals surface area contributed by atoms with Crippen molar-refractivity contribution in [2.45, 2.75) is 6.92 Å². The highest BCUT2D eigenvalue weighted by Gasteiger charge is 2.18. The molecule has 0 fully saturated rings. The van der Waals surface area contributed by atoms with E-state index in [2.05, 4.69) is 25.4 Å². The number of para-hydroxylation sites is 1. The van der Waals surface area contributed by atoms with E-state index in [1.54, 1.807) is 43.3 Å². The van der Waals surface area contributed by atoms with Gasteiger partial charge < -0.3 is 15.8 Å². The summed E-state index contributed by atoms with van der Waals surface area (Å²) in [5.41, 5.74) is 7.96. The number of carbonyl (C=O) groups excluding carboxylic acids is 1. The molecule has 0 aliphatic carbocycles. The second kappa shape index (κ2) is 7.84. The maximum atomic E-state index is 12.4. The van der Waals surface area contributed by atoms with E-state index in [0.29, 0.717) is 46.1 Å². The molecule has 0 saturated carbocycles. The number of anilines is 3. The first-order chi connectivity index (χ1) is 15.6. The van der Waals surface area contributed by atoms with Crippen LogP contribution in [-0.4, -0.2) is 35.2 Å². The summed E-state index contributed by atoms with van der Waals surface area (Å²) in [6, 6.07) is 17.8. The molecule has 0 amide bonds. The van der Waals surface area contributed by atoms with Crippen LogP contribution in [0.2, 0.25) is 0 Å². The van der Waals surface area contributed by atoms with Crippen LogP contribution in [0.15, 0.2) is 73.1 Å². The van der Waals surface area contributed by atoms with Gasteiger partial charge >= 0.3 is 6.09 Å². The predicted octanol–water partition coefficient (Wildman–Crippen LogP) is 3.67. The number of fused-ring (bicyclic) bond motifs is 1. The average Bonchev–Trinajstić information content (AvgIpc) is 3.38. The number of benzene rings is 1. The van der Waals surface area contributed by atoms with Crippen molar-refractivity contribution in [2.75, 3.05) is 11.1 Å². The highest BCUT2D eigenvalue weighted by atomic mass is 16.6. The highest BCUT2D eigenvalue weighted by Crippen LogP contribution is 2.30. The van der Waals surface area contributed by atoms with Crippen molar-refractivity contribution in [1.29, 1.82) is 0 Å². The number of nitrogen functional groups attached to an aromatic ring is 1. The number of carbonyl (C=O) groups is 1. The van der Waals surface area contributed by atoms with E-state index in [9.17, 15) is 4.79 Å². The minimum absolute atomic E-state index is 0.359. The van der Waals surface area contributed by atoms with E-state index in [0.717, 1.165) is 4.68 Å². The second-order valence-corrected chi connectivity index (χ2v) is 6.91. The monoisotopic (exact) mass is 426 g/mol. The summed E-state index contributed by atoms with van der Waals surface area (Å²) in [5.74, 6) is 2.26. The molecular weight excluding hydrogens is 408 g/mol. The molecule has 4 heterocycles. The third-order valence-corrected chi connectivity index (χ3v) is 4.60. The van der Waals surface area contributed by atoms with Gasteiger partial charge in [0, 0.05) is 24.5 Å². The lowest BCUT2D eigenvalue weighted by Crippen LogP contribution is -2.17. The molecule has 3 N–H and O–H groups in total. The Labute approximate surface area is 182 Å². The Hall–Kier alpha value is -4.73. The number of rotatable bonds is 4. The quantitative estimate of drug-likeness (QED) is 0.446. The van der Waals surface area contributed by atoms with E-state index >= 15 is 0 Å². The highest BCUT2D eigenvalue weighted by molar-refractivity contribution is 5.79. The molecule has 1 aromatic carbocycles. The molecule has 10 nitrogen and oxygen atoms in total. The first-order valence-electron chi connectivity index (χ1n) is 9.75. The molecule has 0 bridgehead atoms. The van der Waals surface area contributed by atoms with Gasteiger partial charge in [-0.15, -0.1) is 5.10 Å². The zero-order valence-corrected chi connectivity index (χ0v) is 17.0. The van der Waals surface area contributed by atoms with Crippen molar-refractivity contribution >= 4 is 29.2 Å². The van der Waals surface area contributed by atoms with Crippen LogP contribution in [0.3, 0.4) is 0 Å². The fourth-order valence-electron chi connectivity index (χ4n) is 3.29. The Morgan fingerprint density at radius 3 is 2.62 bits per heavy atom. The van der Waals surface area contributed by atoms with Gasteiger partial charge in [0.1, 0.15) is 28.7 Å². The lowest BCUT2D eigenvalue weighted by Gasteiger charge is -2.07. The number of hydrogen-bond donors (Lipinski definition) is 2. The van der Waals surface area contributed by atoms with Crippen molar-refractivity contribution < 1.29 is 9.53 Å². The normalized spacial score (nSPS) is 10.9. The third kappa shape index (κ3) is 3.72. The van der Waals surface area contributed by atoms with Crippen LogP contribution in [-0.2, 0) is 0 Å². The van der Waals surface area contributed by atoms with Crippen LogP contribution in [0.5, 0.6) is 5.75 Å². The maximum Gasteiger partial charge on any atom is 0.440 e. The third-order valence-electron chi connectivity index (χ3n) is 4.60. The molecule has 10 heteroatoms. The Bertz CT molecular complexity index is 1400. The largest absolute Gasteiger partial charge is 0.440 e. The van der Waals surface area contributed by atoms with E-state index in [4.69, 9.17) is 10.5 Å². The van der Waals surface area contributed by atoms with Crippen LogP contribution in [0.1, 0.15) is 5.82 Å². The van der Waals surface area contributed by atoms with Crippen molar-refractivity contribution in [2.24, 2.45) is 0 Å². The number of aromatic nitrogens is 6. The van der Waals surface area contributed by atoms with Gasteiger partial charge in [-0.25, -0.2) is 19.7 Å². The molecule has 0 radical (unpaired) electrons. The van der Waals surface area contributed by atoms with Gasteiger partial charge in [0.05, 0.1) is 5.69 Å². The van der Waals surface area contributed by atoms with Gasteiger partial charge in [0.2, 0.25) is 0 Å². The van der Waals surface area contributed by atoms with Crippen molar-refractivity contribution in [1.82, 2.24) is 29.1 Å². The first kappa shape index (κ1) is 19.2. The maximum absolute atomic E-state index is 12.4. The lowest BCUT2D eigenvalue weighted by atomic mass is 10.2. The van der Waals surface area contributed by atoms with Crippen LogP contribution in [0.25, 0.3) is 17.0 Å². The number of aryl methyl sites for hydroxylation is 1. The summed E-state index contributed by atoms with van der Waals surface area (Å²) in [5, 5.41) is 7.43. The van der Waals surface area contributed by atoms with Gasteiger partial charge in [-0.2, -0.15) is 4.68 Å². The fraction of sp³-hybridized carbons (Fsp3) is 0.0455. The molecule has 0 aliphatic rings. The van der Waals surface area contributed by atoms with Gasteiger partial charge in [-0.3, -0.25) is 4.40 Å². The number of pyridine rings is 1. The second-order valence-electron chi connectivity index (χ2n) is 6.91. The van der Waals surface area contributed by atoms with Crippen LogP contribution in [0.4, 0.5) is 22.2 Å². The van der Waals surface area contributed by atoms with Gasteiger partial charge in [-0.05, 0) is 31.2 Å². The first-order valence-corrected chi connectivity index (χ1v) is 9.75. The Kier molecular flexibility index (Phi) is 4.71. The smallest absolute Gasteiger partial charge is 0.409 e. The molecular formula is C22H18N8O2. The standard InChI is InChI=1S/C22H18N8O2/c1-14-24-16(13-17(23)25-14)20-21(27-19-9-5-6-11-29(19)20)26-18-10-12-30(28-18)22(31)32-15-7-3-2-4-8-15/h2-13H,1H3,(H,26,28)(H2,23,24,25). The van der Waals surface area contributed by atoms with E-state index in [1.165, 1.54) is 6.20 Å². The number of nitrogens with two attached hydrogens (primary N) is 1. The molecule has 0 aliphatic heterocycles. The number of imidazole rings is 1. The number of nitrogens with one attached hydrogen (secondary N) is 1. The molecule has 0 atom stereocenters. The lowest BCUT2D eigenvalue weighted by molar-refractivity contribution is 0.199. The van der Waals surface area contributed by atoms with Gasteiger partial charge in [-0.1, -0.05) is 24.3 Å². The molecule has 0 unspecified atom stereocenters. The molecule has 158 valence electrons. The van der Waals surface area contributed by atoms with Gasteiger partial charge in [0.25, 0.3) is 0 Å². The van der Waals surface area contributed by atoms with Crippen molar-refractivity contribution in [3.05, 3.63) is 78.9 Å². The van der Waals surface area contributed by atoms with Gasteiger partial charge in [0.15, 0.2) is 11.6 Å². The summed E-state index contributed by atoms with van der Waals surface area (Å²) in [7, 11) is 0. The Morgan fingerprint density at radius 1 is 1.00 bits per heavy atom.